The fourth-order valence-corrected chi connectivity index (χ4v) is 4.02. The molecule has 0 aromatic heterocycles. The van der Waals surface area contributed by atoms with Crippen molar-refractivity contribution < 1.29 is 27.5 Å². The predicted octanol–water partition coefficient (Wildman–Crippen LogP) is 4.61. The maximum Gasteiger partial charge on any atom is 0.404 e. The summed E-state index contributed by atoms with van der Waals surface area (Å²) in [6.45, 7) is 1.42. The van der Waals surface area contributed by atoms with Crippen LogP contribution in [0.3, 0.4) is 0 Å². The Labute approximate surface area is 168 Å². The van der Waals surface area contributed by atoms with Crippen LogP contribution in [-0.2, 0) is 4.74 Å². The molecule has 2 aliphatic rings. The first-order valence-corrected chi connectivity index (χ1v) is 10.1. The number of alkyl halides is 3. The minimum Gasteiger partial charge on any atom is -0.449 e. The van der Waals surface area contributed by atoms with E-state index in [2.05, 4.69) is 0 Å². The molecule has 2 aliphatic carbocycles. The quantitative estimate of drug-likeness (QED) is 0.742. The van der Waals surface area contributed by atoms with Gasteiger partial charge >= 0.3 is 12.3 Å². The van der Waals surface area contributed by atoms with Crippen LogP contribution in [0.25, 0.3) is 0 Å². The van der Waals surface area contributed by atoms with Crippen LogP contribution >= 0.6 is 0 Å². The predicted molar refractivity (Wildman–Crippen MR) is 101 cm³/mol. The van der Waals surface area contributed by atoms with Gasteiger partial charge in [-0.3, -0.25) is 4.79 Å². The second-order valence-corrected chi connectivity index (χ2v) is 8.13. The number of nitrogens with zero attached hydrogens (tertiary/aromatic N) is 1. The van der Waals surface area contributed by atoms with E-state index in [9.17, 15) is 22.8 Å². The van der Waals surface area contributed by atoms with Crippen molar-refractivity contribution >= 4 is 12.0 Å². The van der Waals surface area contributed by atoms with Crippen molar-refractivity contribution in [2.75, 3.05) is 6.61 Å². The average molecular weight is 412 g/mol. The number of benzene rings is 1. The highest BCUT2D eigenvalue weighted by Gasteiger charge is 2.40. The van der Waals surface area contributed by atoms with Crippen LogP contribution < -0.4 is 5.73 Å². The Balaban J connectivity index is 1.64. The van der Waals surface area contributed by atoms with Crippen LogP contribution in [0.4, 0.5) is 18.0 Å². The van der Waals surface area contributed by atoms with Crippen LogP contribution in [0.2, 0.25) is 0 Å². The van der Waals surface area contributed by atoms with Crippen molar-refractivity contribution in [1.82, 2.24) is 4.90 Å². The lowest BCUT2D eigenvalue weighted by Gasteiger charge is -2.37. The zero-order valence-electron chi connectivity index (χ0n) is 16.5. The minimum absolute atomic E-state index is 0.105. The van der Waals surface area contributed by atoms with E-state index >= 15 is 0 Å². The van der Waals surface area contributed by atoms with E-state index in [4.69, 9.17) is 10.5 Å². The topological polar surface area (TPSA) is 72.6 Å². The first kappa shape index (κ1) is 21.5. The van der Waals surface area contributed by atoms with Gasteiger partial charge in [-0.2, -0.15) is 13.2 Å². The van der Waals surface area contributed by atoms with Gasteiger partial charge in [0.15, 0.2) is 0 Å². The van der Waals surface area contributed by atoms with Gasteiger partial charge in [0.05, 0.1) is 12.5 Å². The average Bonchev–Trinajstić information content (AvgIpc) is 3.51. The third-order valence-electron chi connectivity index (χ3n) is 5.99. The molecule has 0 aliphatic heterocycles. The van der Waals surface area contributed by atoms with E-state index in [-0.39, 0.29) is 29.5 Å². The molecule has 1 aromatic rings. The van der Waals surface area contributed by atoms with Crippen LogP contribution in [0.5, 0.6) is 0 Å². The number of amides is 2. The first-order valence-electron chi connectivity index (χ1n) is 10.1. The third kappa shape index (κ3) is 5.42. The van der Waals surface area contributed by atoms with E-state index in [1.807, 2.05) is 4.90 Å². The van der Waals surface area contributed by atoms with Gasteiger partial charge in [-0.1, -0.05) is 12.1 Å². The molecule has 2 amide bonds. The van der Waals surface area contributed by atoms with Crippen molar-refractivity contribution in [3.8, 4) is 0 Å². The summed E-state index contributed by atoms with van der Waals surface area (Å²) >= 11 is 0. The molecule has 2 saturated carbocycles. The summed E-state index contributed by atoms with van der Waals surface area (Å²) in [5.41, 5.74) is 5.59. The van der Waals surface area contributed by atoms with Crippen molar-refractivity contribution in [2.45, 2.75) is 69.6 Å². The summed E-state index contributed by atoms with van der Waals surface area (Å²) in [6.07, 6.45) is 0.163. The highest BCUT2D eigenvalue weighted by Crippen LogP contribution is 2.37. The molecule has 2 N–H and O–H groups in total. The zero-order chi connectivity index (χ0) is 21.2. The molecular weight excluding hydrogens is 385 g/mol. The Bertz CT molecular complexity index is 724. The fourth-order valence-electron chi connectivity index (χ4n) is 4.02. The van der Waals surface area contributed by atoms with E-state index in [0.717, 1.165) is 45.4 Å². The van der Waals surface area contributed by atoms with Gasteiger partial charge in [-0.25, -0.2) is 4.79 Å². The zero-order valence-corrected chi connectivity index (χ0v) is 16.5. The van der Waals surface area contributed by atoms with Crippen molar-refractivity contribution in [2.24, 2.45) is 11.7 Å². The van der Waals surface area contributed by atoms with Crippen molar-refractivity contribution in [1.29, 1.82) is 0 Å². The number of hydrogen-bond acceptors (Lipinski definition) is 3. The molecule has 0 bridgehead atoms. The van der Waals surface area contributed by atoms with Gasteiger partial charge in [-0.15, -0.1) is 0 Å². The van der Waals surface area contributed by atoms with Crippen LogP contribution in [0, 0.1) is 5.92 Å². The summed E-state index contributed by atoms with van der Waals surface area (Å²) < 4.78 is 43.6. The second-order valence-electron chi connectivity index (χ2n) is 8.13. The highest BCUT2D eigenvalue weighted by molar-refractivity contribution is 5.95. The lowest BCUT2D eigenvalue weighted by Crippen LogP contribution is -2.44. The molecule has 0 unspecified atom stereocenters. The number of carbonyl (C=O) groups is 2. The molecule has 0 heterocycles. The van der Waals surface area contributed by atoms with Crippen LogP contribution in [0.15, 0.2) is 24.3 Å². The van der Waals surface area contributed by atoms with E-state index in [1.54, 1.807) is 0 Å². The van der Waals surface area contributed by atoms with Gasteiger partial charge in [0.2, 0.25) is 0 Å². The standard InChI is InChI=1S/C21H27F3N2O3/c1-13(21(22,23)24)15-4-6-16(7-5-15)19(27)26(18-10-11-18)17-8-2-14(3-9-17)12-29-20(25)28/h4-7,13-14,17-18H,2-3,8-12H2,1H3,(H2,25,28)/t13-,14?,17?/m1/s1. The summed E-state index contributed by atoms with van der Waals surface area (Å²) in [7, 11) is 0. The molecule has 5 nitrogen and oxygen atoms in total. The molecule has 8 heteroatoms. The molecular formula is C21H27F3N2O3. The monoisotopic (exact) mass is 412 g/mol. The molecule has 160 valence electrons. The van der Waals surface area contributed by atoms with Crippen LogP contribution in [-0.4, -0.2) is 41.8 Å². The number of halogens is 3. The van der Waals surface area contributed by atoms with Gasteiger partial charge in [0.25, 0.3) is 5.91 Å². The summed E-state index contributed by atoms with van der Waals surface area (Å²) in [5.74, 6) is -1.43. The number of primary amides is 1. The smallest absolute Gasteiger partial charge is 0.404 e. The molecule has 29 heavy (non-hydrogen) atoms. The number of ether oxygens (including phenoxy) is 1. The maximum atomic E-state index is 13.1. The normalized spacial score (nSPS) is 23.3. The maximum absolute atomic E-state index is 13.1. The fraction of sp³-hybridized carbons (Fsp3) is 0.619. The summed E-state index contributed by atoms with van der Waals surface area (Å²) in [5, 5.41) is 0. The molecule has 3 rings (SSSR count). The molecule has 1 aromatic carbocycles. The molecule has 0 spiro atoms. The number of carbonyl (C=O) groups excluding carboxylic acids is 2. The Morgan fingerprint density at radius 2 is 1.59 bits per heavy atom. The second kappa shape index (κ2) is 8.63. The van der Waals surface area contributed by atoms with E-state index in [1.165, 1.54) is 24.3 Å². The molecule has 1 atom stereocenters. The third-order valence-corrected chi connectivity index (χ3v) is 5.99. The van der Waals surface area contributed by atoms with Gasteiger partial charge < -0.3 is 15.4 Å². The van der Waals surface area contributed by atoms with Crippen molar-refractivity contribution in [3.63, 3.8) is 0 Å². The van der Waals surface area contributed by atoms with E-state index < -0.39 is 18.2 Å². The van der Waals surface area contributed by atoms with Gasteiger partial charge in [0.1, 0.15) is 0 Å². The molecule has 2 fully saturated rings. The van der Waals surface area contributed by atoms with Crippen LogP contribution in [0.1, 0.15) is 67.3 Å². The lowest BCUT2D eigenvalue weighted by atomic mass is 9.85. The van der Waals surface area contributed by atoms with Gasteiger partial charge in [-0.05, 0) is 69.1 Å². The van der Waals surface area contributed by atoms with E-state index in [0.29, 0.717) is 12.2 Å². The molecule has 0 radical (unpaired) electrons. The first-order chi connectivity index (χ1) is 13.7. The van der Waals surface area contributed by atoms with Gasteiger partial charge in [0, 0.05) is 17.6 Å². The number of hydrogen-bond donors (Lipinski definition) is 1. The Morgan fingerprint density at radius 1 is 1.07 bits per heavy atom. The Hall–Kier alpha value is -2.25. The minimum atomic E-state index is -4.30. The molecule has 0 saturated heterocycles. The van der Waals surface area contributed by atoms with Crippen molar-refractivity contribution in [3.05, 3.63) is 35.4 Å². The number of nitrogens with two attached hydrogens (primary N) is 1. The summed E-state index contributed by atoms with van der Waals surface area (Å²) in [4.78, 5) is 25.8. The summed E-state index contributed by atoms with van der Waals surface area (Å²) in [6, 6.07) is 6.11. The Kier molecular flexibility index (Phi) is 6.39. The largest absolute Gasteiger partial charge is 0.449 e. The highest BCUT2D eigenvalue weighted by atomic mass is 19.4. The number of rotatable bonds is 6. The SMILES string of the molecule is C[C@H](c1ccc(C(=O)N(C2CCC(COC(N)=O)CC2)C2CC2)cc1)C(F)(F)F. The lowest BCUT2D eigenvalue weighted by molar-refractivity contribution is -0.146. The Morgan fingerprint density at radius 3 is 2.03 bits per heavy atom.